The summed E-state index contributed by atoms with van der Waals surface area (Å²) in [7, 11) is 0. The Labute approximate surface area is 133 Å². The number of thiazole rings is 1. The monoisotopic (exact) mass is 349 g/mol. The summed E-state index contributed by atoms with van der Waals surface area (Å²) < 4.78 is 1.13. The summed E-state index contributed by atoms with van der Waals surface area (Å²) in [6, 6.07) is 8.36. The Morgan fingerprint density at radius 1 is 1.15 bits per heavy atom. The third-order valence-electron chi connectivity index (χ3n) is 3.98. The molecular weight excluding hydrogens is 330 g/mol. The van der Waals surface area contributed by atoms with Crippen LogP contribution in [0, 0.1) is 5.41 Å². The predicted octanol–water partition coefficient (Wildman–Crippen LogP) is 5.82. The number of fused-ring (bicyclic) bond motifs is 1. The van der Waals surface area contributed by atoms with Crippen LogP contribution in [-0.4, -0.2) is 4.98 Å². The zero-order valence-electron chi connectivity index (χ0n) is 12.5. The fourth-order valence-electron chi connectivity index (χ4n) is 3.54. The highest BCUT2D eigenvalue weighted by molar-refractivity contribution is 9.10. The molecule has 3 rings (SSSR count). The number of halogens is 1. The van der Waals surface area contributed by atoms with Crippen molar-refractivity contribution in [2.45, 2.75) is 46.0 Å². The SMILES string of the molecule is CC1(C)Cc2nc(-c3ccccc3Br)sc2C(C)(C)C1. The van der Waals surface area contributed by atoms with Crippen LogP contribution in [0.5, 0.6) is 0 Å². The van der Waals surface area contributed by atoms with Crippen LogP contribution < -0.4 is 0 Å². The first kappa shape index (κ1) is 14.3. The lowest BCUT2D eigenvalue weighted by Crippen LogP contribution is -2.33. The Bertz CT molecular complexity index is 655. The van der Waals surface area contributed by atoms with Crippen LogP contribution >= 0.6 is 27.3 Å². The molecule has 1 aromatic heterocycles. The molecule has 20 heavy (non-hydrogen) atoms. The summed E-state index contributed by atoms with van der Waals surface area (Å²) in [6.45, 7) is 9.42. The second-order valence-electron chi connectivity index (χ2n) is 7.18. The van der Waals surface area contributed by atoms with E-state index >= 15 is 0 Å². The summed E-state index contributed by atoms with van der Waals surface area (Å²) in [6.07, 6.45) is 2.32. The number of rotatable bonds is 1. The maximum atomic E-state index is 4.96. The maximum Gasteiger partial charge on any atom is 0.125 e. The Morgan fingerprint density at radius 2 is 1.85 bits per heavy atom. The summed E-state index contributed by atoms with van der Waals surface area (Å²) in [4.78, 5) is 6.44. The highest BCUT2D eigenvalue weighted by Gasteiger charge is 2.40. The number of hydrogen-bond acceptors (Lipinski definition) is 2. The van der Waals surface area contributed by atoms with Gasteiger partial charge in [0.05, 0.1) is 5.69 Å². The standard InChI is InChI=1S/C17H20BrNS/c1-16(2)9-13-14(17(3,4)10-16)20-15(19-13)11-7-5-6-8-12(11)18/h5-8H,9-10H2,1-4H3. The second kappa shape index (κ2) is 4.67. The Balaban J connectivity index is 2.12. The predicted molar refractivity (Wildman–Crippen MR) is 90.4 cm³/mol. The number of aromatic nitrogens is 1. The summed E-state index contributed by atoms with van der Waals surface area (Å²) >= 11 is 5.51. The van der Waals surface area contributed by atoms with Crippen molar-refractivity contribution in [3.05, 3.63) is 39.3 Å². The molecule has 0 spiro atoms. The minimum atomic E-state index is 0.230. The first-order valence-electron chi connectivity index (χ1n) is 7.04. The van der Waals surface area contributed by atoms with E-state index < -0.39 is 0 Å². The van der Waals surface area contributed by atoms with Crippen LogP contribution in [0.1, 0.15) is 44.7 Å². The molecule has 0 amide bonds. The molecule has 0 atom stereocenters. The second-order valence-corrected chi connectivity index (χ2v) is 9.03. The van der Waals surface area contributed by atoms with Gasteiger partial charge < -0.3 is 0 Å². The van der Waals surface area contributed by atoms with Crippen LogP contribution in [0.4, 0.5) is 0 Å². The molecular formula is C17H20BrNS. The minimum absolute atomic E-state index is 0.230. The third kappa shape index (κ3) is 2.46. The van der Waals surface area contributed by atoms with E-state index in [-0.39, 0.29) is 5.41 Å². The molecule has 106 valence electrons. The Kier molecular flexibility index (Phi) is 3.33. The summed E-state index contributed by atoms with van der Waals surface area (Å²) in [5.74, 6) is 0. The smallest absolute Gasteiger partial charge is 0.125 e. The normalized spacial score (nSPS) is 19.6. The highest BCUT2D eigenvalue weighted by Crippen LogP contribution is 2.49. The molecule has 0 aliphatic heterocycles. The quantitative estimate of drug-likeness (QED) is 0.631. The molecule has 0 saturated heterocycles. The van der Waals surface area contributed by atoms with Crippen molar-refractivity contribution in [1.29, 1.82) is 0 Å². The largest absolute Gasteiger partial charge is 0.241 e. The lowest BCUT2D eigenvalue weighted by atomic mass is 9.67. The molecule has 0 N–H and O–H groups in total. The first-order chi connectivity index (χ1) is 9.28. The van der Waals surface area contributed by atoms with Crippen molar-refractivity contribution in [2.75, 3.05) is 0 Å². The summed E-state index contributed by atoms with van der Waals surface area (Å²) in [5, 5.41) is 1.15. The fourth-order valence-corrected chi connectivity index (χ4v) is 5.37. The van der Waals surface area contributed by atoms with Crippen LogP contribution in [0.2, 0.25) is 0 Å². The molecule has 1 nitrogen and oxygen atoms in total. The number of benzene rings is 1. The molecule has 3 heteroatoms. The molecule has 2 aromatic rings. The Morgan fingerprint density at radius 3 is 2.55 bits per heavy atom. The van der Waals surface area contributed by atoms with E-state index in [1.165, 1.54) is 22.6 Å². The third-order valence-corrected chi connectivity index (χ3v) is 6.17. The molecule has 1 heterocycles. The van der Waals surface area contributed by atoms with E-state index in [1.807, 2.05) is 17.4 Å². The average molecular weight is 350 g/mol. The lowest BCUT2D eigenvalue weighted by molar-refractivity contribution is 0.232. The van der Waals surface area contributed by atoms with E-state index in [0.717, 1.165) is 15.9 Å². The molecule has 1 aromatic carbocycles. The van der Waals surface area contributed by atoms with Crippen LogP contribution in [0.3, 0.4) is 0 Å². The average Bonchev–Trinajstić information content (AvgIpc) is 2.71. The molecule has 1 aliphatic rings. The van der Waals surface area contributed by atoms with Gasteiger partial charge in [0.1, 0.15) is 5.01 Å². The van der Waals surface area contributed by atoms with Gasteiger partial charge in [0.2, 0.25) is 0 Å². The fraction of sp³-hybridized carbons (Fsp3) is 0.471. The molecule has 0 unspecified atom stereocenters. The van der Waals surface area contributed by atoms with E-state index in [1.54, 1.807) is 0 Å². The molecule has 1 aliphatic carbocycles. The van der Waals surface area contributed by atoms with Gasteiger partial charge in [-0.15, -0.1) is 11.3 Å². The van der Waals surface area contributed by atoms with Gasteiger partial charge in [-0.25, -0.2) is 4.98 Å². The zero-order chi connectivity index (χ0) is 14.5. The van der Waals surface area contributed by atoms with Gasteiger partial charge in [-0.2, -0.15) is 0 Å². The zero-order valence-corrected chi connectivity index (χ0v) is 14.9. The van der Waals surface area contributed by atoms with E-state index in [2.05, 4.69) is 61.8 Å². The highest BCUT2D eigenvalue weighted by atomic mass is 79.9. The Hall–Kier alpha value is -0.670. The van der Waals surface area contributed by atoms with Crippen LogP contribution in [0.15, 0.2) is 28.7 Å². The van der Waals surface area contributed by atoms with Crippen molar-refractivity contribution in [2.24, 2.45) is 5.41 Å². The first-order valence-corrected chi connectivity index (χ1v) is 8.65. The van der Waals surface area contributed by atoms with Gasteiger partial charge in [-0.1, -0.05) is 61.8 Å². The van der Waals surface area contributed by atoms with E-state index in [9.17, 15) is 0 Å². The van der Waals surface area contributed by atoms with Gasteiger partial charge in [0.25, 0.3) is 0 Å². The van der Waals surface area contributed by atoms with E-state index in [0.29, 0.717) is 5.41 Å². The van der Waals surface area contributed by atoms with Gasteiger partial charge >= 0.3 is 0 Å². The molecule has 0 bridgehead atoms. The molecule has 0 fully saturated rings. The van der Waals surface area contributed by atoms with Gasteiger partial charge in [-0.3, -0.25) is 0 Å². The summed E-state index contributed by atoms with van der Waals surface area (Å²) in [5.41, 5.74) is 3.09. The number of nitrogens with zero attached hydrogens (tertiary/aromatic N) is 1. The number of hydrogen-bond donors (Lipinski definition) is 0. The topological polar surface area (TPSA) is 12.9 Å². The van der Waals surface area contributed by atoms with Gasteiger partial charge in [-0.05, 0) is 24.3 Å². The molecule has 0 radical (unpaired) electrons. The van der Waals surface area contributed by atoms with Crippen molar-refractivity contribution in [3.63, 3.8) is 0 Å². The van der Waals surface area contributed by atoms with Crippen LogP contribution in [0.25, 0.3) is 10.6 Å². The van der Waals surface area contributed by atoms with Crippen molar-refractivity contribution < 1.29 is 0 Å². The minimum Gasteiger partial charge on any atom is -0.241 e. The van der Waals surface area contributed by atoms with Crippen molar-refractivity contribution >= 4 is 27.3 Å². The van der Waals surface area contributed by atoms with E-state index in [4.69, 9.17) is 4.98 Å². The van der Waals surface area contributed by atoms with Gasteiger partial charge in [0, 0.05) is 20.3 Å². The lowest BCUT2D eigenvalue weighted by Gasteiger charge is -2.39. The van der Waals surface area contributed by atoms with Gasteiger partial charge in [0.15, 0.2) is 0 Å². The van der Waals surface area contributed by atoms with Crippen LogP contribution in [-0.2, 0) is 11.8 Å². The molecule has 0 saturated carbocycles. The van der Waals surface area contributed by atoms with Crippen molar-refractivity contribution in [3.8, 4) is 10.6 Å². The van der Waals surface area contributed by atoms with Crippen molar-refractivity contribution in [1.82, 2.24) is 4.98 Å². The maximum absolute atomic E-state index is 4.96.